The first-order valence-corrected chi connectivity index (χ1v) is 5.95. The van der Waals surface area contributed by atoms with E-state index in [4.69, 9.17) is 5.21 Å². The van der Waals surface area contributed by atoms with E-state index in [0.29, 0.717) is 19.5 Å². The molecule has 0 spiro atoms. The average Bonchev–Trinajstić information content (AvgIpc) is 2.44. The Morgan fingerprint density at radius 2 is 2.28 bits per heavy atom. The van der Waals surface area contributed by atoms with Crippen LogP contribution in [0.5, 0.6) is 0 Å². The van der Waals surface area contributed by atoms with Crippen molar-refractivity contribution >= 4 is 11.9 Å². The highest BCUT2D eigenvalue weighted by molar-refractivity contribution is 5.80. The van der Waals surface area contributed by atoms with Crippen molar-refractivity contribution in [3.8, 4) is 0 Å². The van der Waals surface area contributed by atoms with Crippen molar-refractivity contribution in [3.63, 3.8) is 0 Å². The molecule has 0 aromatic carbocycles. The lowest BCUT2D eigenvalue weighted by atomic mass is 9.86. The number of hydroxylamine groups is 1. The zero-order chi connectivity index (χ0) is 13.1. The maximum Gasteiger partial charge on any atom is 0.317 e. The van der Waals surface area contributed by atoms with Crippen LogP contribution in [0.3, 0.4) is 0 Å². The molecule has 0 bridgehead atoms. The Kier molecular flexibility index (Phi) is 3.66. The summed E-state index contributed by atoms with van der Waals surface area (Å²) in [6, 6.07) is -0.0979. The first kappa shape index (κ1) is 12.6. The van der Waals surface area contributed by atoms with Crippen molar-refractivity contribution in [1.29, 1.82) is 0 Å². The van der Waals surface area contributed by atoms with Crippen molar-refractivity contribution in [2.45, 2.75) is 12.8 Å². The Balaban J connectivity index is 2.08. The summed E-state index contributed by atoms with van der Waals surface area (Å²) in [7, 11) is 1.61. The molecule has 0 radical (unpaired) electrons. The molecular weight excluding hydrogens is 234 g/mol. The van der Waals surface area contributed by atoms with Crippen molar-refractivity contribution in [3.05, 3.63) is 23.3 Å². The molecule has 3 N–H and O–H groups in total. The predicted molar refractivity (Wildman–Crippen MR) is 64.8 cm³/mol. The summed E-state index contributed by atoms with van der Waals surface area (Å²) in [4.78, 5) is 24.7. The lowest BCUT2D eigenvalue weighted by Crippen LogP contribution is -2.43. The lowest BCUT2D eigenvalue weighted by Gasteiger charge is -2.32. The molecule has 0 fully saturated rings. The Morgan fingerprint density at radius 1 is 1.50 bits per heavy atom. The number of carbonyl (C=O) groups is 2. The second-order valence-electron chi connectivity index (χ2n) is 4.50. The van der Waals surface area contributed by atoms with Gasteiger partial charge in [-0.15, -0.1) is 0 Å². The van der Waals surface area contributed by atoms with Gasteiger partial charge in [-0.1, -0.05) is 12.2 Å². The largest absolute Gasteiger partial charge is 0.341 e. The van der Waals surface area contributed by atoms with Gasteiger partial charge in [-0.3, -0.25) is 10.0 Å². The van der Waals surface area contributed by atoms with E-state index in [1.54, 1.807) is 23.5 Å². The molecule has 0 saturated heterocycles. The molecule has 6 nitrogen and oxygen atoms in total. The zero-order valence-electron chi connectivity index (χ0n) is 10.3. The molecule has 1 unspecified atom stereocenters. The van der Waals surface area contributed by atoms with Gasteiger partial charge in [-0.05, 0) is 24.0 Å². The summed E-state index contributed by atoms with van der Waals surface area (Å²) >= 11 is 0. The first-order valence-electron chi connectivity index (χ1n) is 5.95. The van der Waals surface area contributed by atoms with Crippen LogP contribution in [0.4, 0.5) is 4.79 Å². The Labute approximate surface area is 105 Å². The third-order valence-corrected chi connectivity index (χ3v) is 3.43. The fourth-order valence-electron chi connectivity index (χ4n) is 2.40. The molecule has 2 rings (SSSR count). The SMILES string of the molecule is CNC(=O)N1CCC2=C(CC(C(=O)NO)C=C2)C1. The lowest BCUT2D eigenvalue weighted by molar-refractivity contribution is -0.131. The van der Waals surface area contributed by atoms with Gasteiger partial charge in [0.2, 0.25) is 0 Å². The minimum atomic E-state index is -0.408. The van der Waals surface area contributed by atoms with Gasteiger partial charge < -0.3 is 10.2 Å². The van der Waals surface area contributed by atoms with Crippen LogP contribution < -0.4 is 10.8 Å². The smallest absolute Gasteiger partial charge is 0.317 e. The first-order chi connectivity index (χ1) is 8.65. The van der Waals surface area contributed by atoms with E-state index in [9.17, 15) is 9.59 Å². The number of nitrogens with one attached hydrogen (secondary N) is 2. The molecule has 1 aliphatic carbocycles. The quantitative estimate of drug-likeness (QED) is 0.466. The number of carbonyl (C=O) groups excluding carboxylic acids is 2. The van der Waals surface area contributed by atoms with Gasteiger partial charge in [0.15, 0.2) is 0 Å². The standard InChI is InChI=1S/C12H17N3O3/c1-13-12(17)15-5-4-8-2-3-9(11(16)14-18)6-10(8)7-15/h2-3,9,18H,4-7H2,1H3,(H,13,17)(H,14,16). The molecule has 1 heterocycles. The van der Waals surface area contributed by atoms with Gasteiger partial charge in [0.1, 0.15) is 0 Å². The highest BCUT2D eigenvalue weighted by atomic mass is 16.5. The molecule has 1 atom stereocenters. The van der Waals surface area contributed by atoms with E-state index >= 15 is 0 Å². The summed E-state index contributed by atoms with van der Waals surface area (Å²) in [6.45, 7) is 1.24. The van der Waals surface area contributed by atoms with Crippen LogP contribution in [0.1, 0.15) is 12.8 Å². The number of urea groups is 1. The predicted octanol–water partition coefficient (Wildman–Crippen LogP) is 0.410. The van der Waals surface area contributed by atoms with Crippen LogP contribution in [-0.2, 0) is 4.79 Å². The molecule has 3 amide bonds. The fraction of sp³-hybridized carbons (Fsp3) is 0.500. The van der Waals surface area contributed by atoms with Crippen molar-refractivity contribution in [1.82, 2.24) is 15.7 Å². The van der Waals surface area contributed by atoms with Crippen LogP contribution in [0.25, 0.3) is 0 Å². The summed E-state index contributed by atoms with van der Waals surface area (Å²) in [5, 5.41) is 11.2. The van der Waals surface area contributed by atoms with Crippen LogP contribution in [-0.4, -0.2) is 42.2 Å². The van der Waals surface area contributed by atoms with Crippen molar-refractivity contribution < 1.29 is 14.8 Å². The van der Waals surface area contributed by atoms with Gasteiger partial charge in [0.05, 0.1) is 5.92 Å². The molecule has 18 heavy (non-hydrogen) atoms. The summed E-state index contributed by atoms with van der Waals surface area (Å²) in [6.07, 6.45) is 5.11. The van der Waals surface area contributed by atoms with Gasteiger partial charge in [0.25, 0.3) is 5.91 Å². The summed E-state index contributed by atoms with van der Waals surface area (Å²) in [5.41, 5.74) is 3.97. The van der Waals surface area contributed by atoms with Crippen LogP contribution in [0.15, 0.2) is 23.3 Å². The highest BCUT2D eigenvalue weighted by Crippen LogP contribution is 2.29. The monoisotopic (exact) mass is 251 g/mol. The van der Waals surface area contributed by atoms with E-state index in [0.717, 1.165) is 12.0 Å². The minimum absolute atomic E-state index is 0.0979. The number of hydrogen-bond acceptors (Lipinski definition) is 3. The van der Waals surface area contributed by atoms with E-state index in [1.165, 1.54) is 5.57 Å². The molecule has 0 aromatic rings. The zero-order valence-corrected chi connectivity index (χ0v) is 10.3. The molecule has 2 aliphatic rings. The minimum Gasteiger partial charge on any atom is -0.341 e. The number of amides is 3. The van der Waals surface area contributed by atoms with Crippen LogP contribution in [0.2, 0.25) is 0 Å². The van der Waals surface area contributed by atoms with Gasteiger partial charge in [-0.2, -0.15) is 0 Å². The van der Waals surface area contributed by atoms with Gasteiger partial charge >= 0.3 is 6.03 Å². The molecule has 0 aromatic heterocycles. The van der Waals surface area contributed by atoms with Crippen molar-refractivity contribution in [2.24, 2.45) is 5.92 Å². The second kappa shape index (κ2) is 5.22. The number of rotatable bonds is 1. The maximum atomic E-state index is 11.6. The second-order valence-corrected chi connectivity index (χ2v) is 4.50. The number of allylic oxidation sites excluding steroid dienone is 1. The molecule has 6 heteroatoms. The van der Waals surface area contributed by atoms with Gasteiger partial charge in [0, 0.05) is 20.1 Å². The van der Waals surface area contributed by atoms with E-state index in [1.807, 2.05) is 6.08 Å². The third-order valence-electron chi connectivity index (χ3n) is 3.43. The molecular formula is C12H17N3O3. The third kappa shape index (κ3) is 2.38. The maximum absolute atomic E-state index is 11.6. The van der Waals surface area contributed by atoms with Crippen molar-refractivity contribution in [2.75, 3.05) is 20.1 Å². The normalized spacial score (nSPS) is 22.6. The number of nitrogens with zero attached hydrogens (tertiary/aromatic N) is 1. The van der Waals surface area contributed by atoms with E-state index in [-0.39, 0.29) is 11.9 Å². The Morgan fingerprint density at radius 3 is 2.94 bits per heavy atom. The summed E-state index contributed by atoms with van der Waals surface area (Å²) in [5.74, 6) is -0.756. The number of hydrogen-bond donors (Lipinski definition) is 3. The van der Waals surface area contributed by atoms with E-state index in [2.05, 4.69) is 5.32 Å². The molecule has 0 saturated carbocycles. The Hall–Kier alpha value is -1.82. The van der Waals surface area contributed by atoms with Crippen LogP contribution in [0, 0.1) is 5.92 Å². The average molecular weight is 251 g/mol. The summed E-state index contributed by atoms with van der Waals surface area (Å²) < 4.78 is 0. The highest BCUT2D eigenvalue weighted by Gasteiger charge is 2.27. The van der Waals surface area contributed by atoms with Gasteiger partial charge in [-0.25, -0.2) is 10.3 Å². The van der Waals surface area contributed by atoms with Crippen LogP contribution >= 0.6 is 0 Å². The topological polar surface area (TPSA) is 81.7 Å². The molecule has 1 aliphatic heterocycles. The fourth-order valence-corrected chi connectivity index (χ4v) is 2.40. The Bertz CT molecular complexity index is 428. The molecule has 98 valence electrons. The van der Waals surface area contributed by atoms with E-state index < -0.39 is 5.91 Å².